The summed E-state index contributed by atoms with van der Waals surface area (Å²) in [7, 11) is 0. The van der Waals surface area contributed by atoms with Gasteiger partial charge in [-0.2, -0.15) is 0 Å². The lowest BCUT2D eigenvalue weighted by molar-refractivity contribution is -0.137. The van der Waals surface area contributed by atoms with Crippen LogP contribution in [0.1, 0.15) is 18.7 Å². The van der Waals surface area contributed by atoms with Gasteiger partial charge in [-0.1, -0.05) is 23.7 Å². The Morgan fingerprint density at radius 2 is 2.20 bits per heavy atom. The summed E-state index contributed by atoms with van der Waals surface area (Å²) in [4.78, 5) is 10.5. The standard InChI is InChI=1S/C12H13ClN4O3/c13-9-4-1-2-5-10(9)20-8-11-14-15-16-17(11)7-3-6-12(18)19/h1-2,4-5H,3,6-8H2,(H,18,19). The zero-order valence-corrected chi connectivity index (χ0v) is 11.3. The maximum Gasteiger partial charge on any atom is 0.303 e. The van der Waals surface area contributed by atoms with E-state index in [2.05, 4.69) is 15.5 Å². The molecule has 7 nitrogen and oxygen atoms in total. The number of hydrogen-bond acceptors (Lipinski definition) is 5. The van der Waals surface area contributed by atoms with E-state index in [-0.39, 0.29) is 13.0 Å². The summed E-state index contributed by atoms with van der Waals surface area (Å²) in [6, 6.07) is 7.11. The van der Waals surface area contributed by atoms with Crippen LogP contribution in [-0.4, -0.2) is 31.3 Å². The number of para-hydroxylation sites is 1. The van der Waals surface area contributed by atoms with Crippen LogP contribution >= 0.6 is 11.6 Å². The van der Waals surface area contributed by atoms with Gasteiger partial charge in [-0.05, 0) is 29.0 Å². The molecular formula is C12H13ClN4O3. The van der Waals surface area contributed by atoms with Crippen LogP contribution in [0, 0.1) is 0 Å². The molecule has 0 fully saturated rings. The predicted molar refractivity (Wildman–Crippen MR) is 70.5 cm³/mol. The molecule has 0 spiro atoms. The number of halogens is 1. The maximum absolute atomic E-state index is 10.5. The maximum atomic E-state index is 10.5. The molecule has 0 aliphatic carbocycles. The summed E-state index contributed by atoms with van der Waals surface area (Å²) in [5.74, 6) is 0.233. The molecule has 1 heterocycles. The lowest BCUT2D eigenvalue weighted by Gasteiger charge is -2.07. The Kier molecular flexibility index (Phi) is 4.89. The number of carboxylic acid groups (broad SMARTS) is 1. The van der Waals surface area contributed by atoms with E-state index in [0.717, 1.165) is 0 Å². The van der Waals surface area contributed by atoms with E-state index in [1.165, 1.54) is 4.68 Å². The monoisotopic (exact) mass is 296 g/mol. The van der Waals surface area contributed by atoms with Gasteiger partial charge < -0.3 is 9.84 Å². The Bertz CT molecular complexity index is 588. The number of benzene rings is 1. The summed E-state index contributed by atoms with van der Waals surface area (Å²) >= 11 is 5.97. The number of carboxylic acids is 1. The van der Waals surface area contributed by atoms with Crippen LogP contribution in [-0.2, 0) is 17.9 Å². The first kappa shape index (κ1) is 14.3. The first-order chi connectivity index (χ1) is 9.66. The number of ether oxygens (including phenoxy) is 1. The normalized spacial score (nSPS) is 10.4. The molecule has 0 saturated heterocycles. The number of rotatable bonds is 7. The quantitative estimate of drug-likeness (QED) is 0.837. The molecule has 106 valence electrons. The largest absolute Gasteiger partial charge is 0.484 e. The average Bonchev–Trinajstić information content (AvgIpc) is 2.85. The molecule has 8 heteroatoms. The number of nitrogens with zero attached hydrogens (tertiary/aromatic N) is 4. The SMILES string of the molecule is O=C(O)CCCn1nnnc1COc1ccccc1Cl. The third-order valence-electron chi connectivity index (χ3n) is 2.56. The van der Waals surface area contributed by atoms with Gasteiger partial charge in [0.25, 0.3) is 0 Å². The van der Waals surface area contributed by atoms with Crippen molar-refractivity contribution < 1.29 is 14.6 Å². The molecule has 2 aromatic rings. The van der Waals surface area contributed by atoms with Crippen LogP contribution in [0.4, 0.5) is 0 Å². The van der Waals surface area contributed by atoms with Gasteiger partial charge in [-0.25, -0.2) is 4.68 Å². The van der Waals surface area contributed by atoms with Crippen LogP contribution in [0.5, 0.6) is 5.75 Å². The van der Waals surface area contributed by atoms with Gasteiger partial charge in [-0.3, -0.25) is 4.79 Å². The number of carbonyl (C=O) groups is 1. The minimum absolute atomic E-state index is 0.0741. The third-order valence-corrected chi connectivity index (χ3v) is 2.87. The lowest BCUT2D eigenvalue weighted by Crippen LogP contribution is -2.10. The van der Waals surface area contributed by atoms with E-state index in [1.54, 1.807) is 12.1 Å². The molecule has 1 aromatic heterocycles. The zero-order valence-electron chi connectivity index (χ0n) is 10.6. The van der Waals surface area contributed by atoms with Crippen LogP contribution in [0.25, 0.3) is 0 Å². The molecule has 0 aliphatic rings. The third kappa shape index (κ3) is 3.92. The molecule has 20 heavy (non-hydrogen) atoms. The van der Waals surface area contributed by atoms with Gasteiger partial charge in [0.15, 0.2) is 5.82 Å². The molecule has 0 bridgehead atoms. The molecule has 0 unspecified atom stereocenters. The van der Waals surface area contributed by atoms with Gasteiger partial charge in [-0.15, -0.1) is 5.10 Å². The topological polar surface area (TPSA) is 90.1 Å². The average molecular weight is 297 g/mol. The Labute approximate surface area is 120 Å². The first-order valence-electron chi connectivity index (χ1n) is 6.01. The Morgan fingerprint density at radius 3 is 2.95 bits per heavy atom. The van der Waals surface area contributed by atoms with Gasteiger partial charge in [0.1, 0.15) is 12.4 Å². The van der Waals surface area contributed by atoms with Gasteiger partial charge >= 0.3 is 5.97 Å². The molecule has 2 rings (SSSR count). The number of aryl methyl sites for hydroxylation is 1. The van der Waals surface area contributed by atoms with Gasteiger partial charge in [0, 0.05) is 13.0 Å². The Hall–Kier alpha value is -2.15. The van der Waals surface area contributed by atoms with Crippen LogP contribution in [0.15, 0.2) is 24.3 Å². The highest BCUT2D eigenvalue weighted by Gasteiger charge is 2.08. The second kappa shape index (κ2) is 6.85. The number of tetrazole rings is 1. The summed E-state index contributed by atoms with van der Waals surface area (Å²) in [6.45, 7) is 0.602. The highest BCUT2D eigenvalue weighted by Crippen LogP contribution is 2.23. The van der Waals surface area contributed by atoms with Crippen molar-refractivity contribution in [3.8, 4) is 5.75 Å². The predicted octanol–water partition coefficient (Wildman–Crippen LogP) is 1.77. The molecule has 0 radical (unpaired) electrons. The fourth-order valence-corrected chi connectivity index (χ4v) is 1.77. The number of hydrogen-bond donors (Lipinski definition) is 1. The molecule has 0 atom stereocenters. The highest BCUT2D eigenvalue weighted by atomic mass is 35.5. The lowest BCUT2D eigenvalue weighted by atomic mass is 10.3. The number of aromatic nitrogens is 4. The van der Waals surface area contributed by atoms with Crippen molar-refractivity contribution in [1.29, 1.82) is 0 Å². The molecule has 0 amide bonds. The molecule has 0 aliphatic heterocycles. The van der Waals surface area contributed by atoms with Crippen molar-refractivity contribution >= 4 is 17.6 Å². The molecular weight excluding hydrogens is 284 g/mol. The minimum atomic E-state index is -0.841. The van der Waals surface area contributed by atoms with E-state index in [4.69, 9.17) is 21.4 Å². The Balaban J connectivity index is 1.92. The van der Waals surface area contributed by atoms with E-state index < -0.39 is 5.97 Å². The minimum Gasteiger partial charge on any atom is -0.484 e. The van der Waals surface area contributed by atoms with E-state index >= 15 is 0 Å². The van der Waals surface area contributed by atoms with Crippen molar-refractivity contribution in [1.82, 2.24) is 20.2 Å². The second-order valence-electron chi connectivity index (χ2n) is 4.03. The van der Waals surface area contributed by atoms with Crippen LogP contribution in [0.2, 0.25) is 5.02 Å². The van der Waals surface area contributed by atoms with Crippen molar-refractivity contribution in [3.63, 3.8) is 0 Å². The number of aliphatic carboxylic acids is 1. The summed E-state index contributed by atoms with van der Waals surface area (Å²) < 4.78 is 7.07. The zero-order chi connectivity index (χ0) is 14.4. The summed E-state index contributed by atoms with van der Waals surface area (Å²) in [6.07, 6.45) is 0.532. The highest BCUT2D eigenvalue weighted by molar-refractivity contribution is 6.32. The summed E-state index contributed by atoms with van der Waals surface area (Å²) in [5.41, 5.74) is 0. The van der Waals surface area contributed by atoms with Crippen LogP contribution in [0.3, 0.4) is 0 Å². The Morgan fingerprint density at radius 1 is 1.40 bits per heavy atom. The molecule has 1 aromatic carbocycles. The first-order valence-corrected chi connectivity index (χ1v) is 6.39. The van der Waals surface area contributed by atoms with Crippen molar-refractivity contribution in [2.24, 2.45) is 0 Å². The summed E-state index contributed by atoms with van der Waals surface area (Å²) in [5, 5.41) is 20.3. The van der Waals surface area contributed by atoms with Crippen LogP contribution < -0.4 is 4.74 Å². The fraction of sp³-hybridized carbons (Fsp3) is 0.333. The van der Waals surface area contributed by atoms with E-state index in [0.29, 0.717) is 29.6 Å². The second-order valence-corrected chi connectivity index (χ2v) is 4.44. The van der Waals surface area contributed by atoms with E-state index in [9.17, 15) is 4.79 Å². The molecule has 1 N–H and O–H groups in total. The smallest absolute Gasteiger partial charge is 0.303 e. The van der Waals surface area contributed by atoms with Crippen molar-refractivity contribution in [2.45, 2.75) is 26.0 Å². The van der Waals surface area contributed by atoms with E-state index in [1.807, 2.05) is 12.1 Å². The molecule has 0 saturated carbocycles. The van der Waals surface area contributed by atoms with Gasteiger partial charge in [0.05, 0.1) is 5.02 Å². The van der Waals surface area contributed by atoms with Gasteiger partial charge in [0.2, 0.25) is 0 Å². The van der Waals surface area contributed by atoms with Crippen molar-refractivity contribution in [3.05, 3.63) is 35.1 Å². The van der Waals surface area contributed by atoms with Crippen molar-refractivity contribution in [2.75, 3.05) is 0 Å². The fourth-order valence-electron chi connectivity index (χ4n) is 1.58.